The lowest BCUT2D eigenvalue weighted by atomic mass is 9.94. The van der Waals surface area contributed by atoms with Gasteiger partial charge in [-0.3, -0.25) is 0 Å². The van der Waals surface area contributed by atoms with Crippen LogP contribution < -0.4 is 9.90 Å². The molecule has 2 unspecified atom stereocenters. The molecular formula is C14H18N4O4S. The highest BCUT2D eigenvalue weighted by molar-refractivity contribution is 7.89. The maximum absolute atomic E-state index is 12.7. The Hall–Kier alpha value is -2.00. The van der Waals surface area contributed by atoms with E-state index in [1.165, 1.54) is 16.4 Å². The Labute approximate surface area is 134 Å². The third kappa shape index (κ3) is 3.20. The summed E-state index contributed by atoms with van der Waals surface area (Å²) in [5.41, 5.74) is 0.454. The minimum Gasteiger partial charge on any atom is -0.523 e. The van der Waals surface area contributed by atoms with Crippen molar-refractivity contribution >= 4 is 10.0 Å². The van der Waals surface area contributed by atoms with Crippen LogP contribution >= 0.6 is 0 Å². The molecule has 0 amide bonds. The maximum atomic E-state index is 12.7. The second kappa shape index (κ2) is 5.89. The molecule has 1 fully saturated rings. The van der Waals surface area contributed by atoms with E-state index in [0.717, 1.165) is 11.2 Å². The van der Waals surface area contributed by atoms with E-state index in [1.807, 2.05) is 0 Å². The van der Waals surface area contributed by atoms with E-state index in [0.29, 0.717) is 30.6 Å². The topological polar surface area (TPSA) is 103 Å². The van der Waals surface area contributed by atoms with E-state index in [-0.39, 0.29) is 4.90 Å². The van der Waals surface area contributed by atoms with Crippen molar-refractivity contribution in [2.75, 3.05) is 13.1 Å². The molecule has 0 spiro atoms. The summed E-state index contributed by atoms with van der Waals surface area (Å²) in [6, 6.07) is 6.06. The fraction of sp³-hybridized carbons (Fsp3) is 0.500. The van der Waals surface area contributed by atoms with Gasteiger partial charge in [0.1, 0.15) is 5.27 Å². The fourth-order valence-electron chi connectivity index (χ4n) is 2.99. The molecule has 2 heterocycles. The molecule has 3 rings (SSSR count). The highest BCUT2D eigenvalue weighted by Crippen LogP contribution is 2.26. The minimum absolute atomic E-state index is 0.217. The fourth-order valence-corrected chi connectivity index (χ4v) is 4.67. The zero-order chi connectivity index (χ0) is 16.6. The summed E-state index contributed by atoms with van der Waals surface area (Å²) in [4.78, 5) is 1.23. The first kappa shape index (κ1) is 15.9. The van der Waals surface area contributed by atoms with Gasteiger partial charge < -0.3 is 9.63 Å². The quantitative estimate of drug-likeness (QED) is 0.735. The molecule has 2 aromatic rings. The number of nitrogens with zero attached hydrogens (tertiary/aromatic N) is 4. The molecule has 0 saturated carbocycles. The van der Waals surface area contributed by atoms with Crippen LogP contribution in [0.15, 0.2) is 33.7 Å². The lowest BCUT2D eigenvalue weighted by Gasteiger charge is -2.34. The van der Waals surface area contributed by atoms with Crippen LogP contribution in [0.3, 0.4) is 0 Å². The predicted octanol–water partition coefficient (Wildman–Crippen LogP) is 0.0865. The van der Waals surface area contributed by atoms with E-state index in [2.05, 4.69) is 28.7 Å². The average molecular weight is 338 g/mol. The van der Waals surface area contributed by atoms with Crippen LogP contribution in [-0.4, -0.2) is 36.2 Å². The van der Waals surface area contributed by atoms with E-state index >= 15 is 0 Å². The normalized spacial score (nSPS) is 23.0. The molecule has 9 heteroatoms. The Balaban J connectivity index is 1.86. The molecule has 1 aromatic heterocycles. The summed E-state index contributed by atoms with van der Waals surface area (Å²) in [6.07, 6.45) is 0.231. The lowest BCUT2D eigenvalue weighted by molar-refractivity contribution is -0.726. The lowest BCUT2D eigenvalue weighted by Crippen LogP contribution is -2.42. The summed E-state index contributed by atoms with van der Waals surface area (Å²) < 4.78 is 31.4. The molecule has 0 aliphatic carbocycles. The number of aromatic nitrogens is 3. The van der Waals surface area contributed by atoms with Gasteiger partial charge in [0.2, 0.25) is 16.1 Å². The van der Waals surface area contributed by atoms with Crippen molar-refractivity contribution in [1.29, 1.82) is 0 Å². The smallest absolute Gasteiger partial charge is 0.269 e. The third-order valence-electron chi connectivity index (χ3n) is 3.91. The van der Waals surface area contributed by atoms with Crippen molar-refractivity contribution in [2.45, 2.75) is 25.2 Å². The standard InChI is InChI=1S/C14H18N4O4S/c1-10-7-11(2)9-17(8-10)23(20,21)13-5-3-12(4-6-13)18-15-14(19)22-16-18/h3-6,10-11H,7-9H2,1-2H3. The van der Waals surface area contributed by atoms with Gasteiger partial charge in [-0.05, 0) is 30.4 Å². The third-order valence-corrected chi connectivity index (χ3v) is 5.76. The van der Waals surface area contributed by atoms with Crippen LogP contribution in [0, 0.1) is 11.8 Å². The van der Waals surface area contributed by atoms with Crippen LogP contribution in [0.2, 0.25) is 0 Å². The summed E-state index contributed by atoms with van der Waals surface area (Å²) in [5, 5.41) is 17.8. The molecule has 2 atom stereocenters. The van der Waals surface area contributed by atoms with Crippen LogP contribution in [0.1, 0.15) is 20.3 Å². The van der Waals surface area contributed by atoms with Crippen molar-refractivity contribution < 1.29 is 22.8 Å². The Morgan fingerprint density at radius 3 is 2.35 bits per heavy atom. The summed E-state index contributed by atoms with van der Waals surface area (Å²) >= 11 is 0. The van der Waals surface area contributed by atoms with Gasteiger partial charge in [0.25, 0.3) is 5.69 Å². The Kier molecular flexibility index (Phi) is 4.07. The van der Waals surface area contributed by atoms with Crippen LogP contribution in [0.5, 0.6) is 6.08 Å². The molecule has 1 aliphatic rings. The van der Waals surface area contributed by atoms with Crippen molar-refractivity contribution in [2.24, 2.45) is 11.8 Å². The van der Waals surface area contributed by atoms with Crippen molar-refractivity contribution in [3.63, 3.8) is 0 Å². The number of sulfonamides is 1. The van der Waals surface area contributed by atoms with Gasteiger partial charge >= 0.3 is 0 Å². The highest BCUT2D eigenvalue weighted by atomic mass is 32.2. The van der Waals surface area contributed by atoms with Crippen molar-refractivity contribution in [1.82, 2.24) is 14.7 Å². The second-order valence-electron chi connectivity index (χ2n) is 6.09. The number of benzene rings is 1. The van der Waals surface area contributed by atoms with Crippen LogP contribution in [-0.2, 0) is 10.0 Å². The monoisotopic (exact) mass is 338 g/mol. The van der Waals surface area contributed by atoms with E-state index in [4.69, 9.17) is 0 Å². The second-order valence-corrected chi connectivity index (χ2v) is 8.03. The molecule has 124 valence electrons. The van der Waals surface area contributed by atoms with Crippen LogP contribution in [0.4, 0.5) is 0 Å². The summed E-state index contributed by atoms with van der Waals surface area (Å²) in [5.74, 6) is 0.691. The SMILES string of the molecule is CC1CC(C)CN(S(=O)(=O)c2ccc(-[n+]3noc([O-])n3)cc2)C1. The number of rotatable bonds is 3. The van der Waals surface area contributed by atoms with Crippen molar-refractivity contribution in [3.05, 3.63) is 24.3 Å². The largest absolute Gasteiger partial charge is 0.523 e. The molecule has 1 aromatic carbocycles. The van der Waals surface area contributed by atoms with Gasteiger partial charge in [-0.2, -0.15) is 4.31 Å². The Morgan fingerprint density at radius 2 is 1.83 bits per heavy atom. The van der Waals surface area contributed by atoms with Crippen LogP contribution in [0.25, 0.3) is 5.69 Å². The van der Waals surface area contributed by atoms with Gasteiger partial charge in [0.05, 0.1) is 14.8 Å². The molecule has 0 N–H and O–H groups in total. The molecule has 1 aliphatic heterocycles. The summed E-state index contributed by atoms with van der Waals surface area (Å²) in [6.45, 7) is 5.20. The molecule has 8 nitrogen and oxygen atoms in total. The van der Waals surface area contributed by atoms with Gasteiger partial charge in [-0.1, -0.05) is 13.8 Å². The molecule has 1 saturated heterocycles. The summed E-state index contributed by atoms with van der Waals surface area (Å²) in [7, 11) is -3.52. The number of piperidine rings is 1. The first-order valence-electron chi connectivity index (χ1n) is 7.40. The number of hydrogen-bond acceptors (Lipinski definition) is 6. The molecule has 0 radical (unpaired) electrons. The number of hydrogen-bond donors (Lipinski definition) is 0. The Morgan fingerprint density at radius 1 is 1.22 bits per heavy atom. The zero-order valence-corrected chi connectivity index (χ0v) is 13.7. The molecular weight excluding hydrogens is 320 g/mol. The van der Waals surface area contributed by atoms with E-state index in [9.17, 15) is 13.5 Å². The van der Waals surface area contributed by atoms with E-state index in [1.54, 1.807) is 12.1 Å². The molecule has 0 bridgehead atoms. The van der Waals surface area contributed by atoms with Gasteiger partial charge in [0, 0.05) is 25.2 Å². The Bertz CT molecular complexity index is 777. The maximum Gasteiger partial charge on any atom is 0.269 e. The first-order valence-corrected chi connectivity index (χ1v) is 8.84. The first-order chi connectivity index (χ1) is 10.9. The predicted molar refractivity (Wildman–Crippen MR) is 77.0 cm³/mol. The van der Waals surface area contributed by atoms with Gasteiger partial charge in [-0.25, -0.2) is 8.42 Å². The average Bonchev–Trinajstić information content (AvgIpc) is 2.93. The molecule has 23 heavy (non-hydrogen) atoms. The van der Waals surface area contributed by atoms with Crippen molar-refractivity contribution in [3.8, 4) is 11.8 Å². The minimum atomic E-state index is -3.52. The highest BCUT2D eigenvalue weighted by Gasteiger charge is 2.31. The van der Waals surface area contributed by atoms with Gasteiger partial charge in [0.15, 0.2) is 0 Å². The van der Waals surface area contributed by atoms with Gasteiger partial charge in [-0.15, -0.1) is 0 Å². The zero-order valence-electron chi connectivity index (χ0n) is 12.9. The van der Waals surface area contributed by atoms with E-state index < -0.39 is 16.1 Å².